The van der Waals surface area contributed by atoms with Crippen LogP contribution in [0.4, 0.5) is 13.6 Å². The van der Waals surface area contributed by atoms with Crippen molar-refractivity contribution >= 4 is 28.5 Å². The normalized spacial score (nSPS) is 17.0. The minimum absolute atomic E-state index is 0.0197. The molecule has 2 aromatic rings. The molecule has 0 fully saturated rings. The van der Waals surface area contributed by atoms with Crippen LogP contribution in [-0.4, -0.2) is 28.6 Å². The molecule has 1 aliphatic carbocycles. The van der Waals surface area contributed by atoms with Crippen molar-refractivity contribution in [2.24, 2.45) is 5.73 Å². The van der Waals surface area contributed by atoms with Crippen LogP contribution in [-0.2, 0) is 18.1 Å². The van der Waals surface area contributed by atoms with Crippen molar-refractivity contribution in [1.29, 1.82) is 0 Å². The predicted octanol–water partition coefficient (Wildman–Crippen LogP) is 4.67. The number of allylic oxidation sites excluding steroid dienone is 1. The Kier molecular flexibility index (Phi) is 6.14. The van der Waals surface area contributed by atoms with Gasteiger partial charge in [0.05, 0.1) is 11.1 Å². The molecule has 0 radical (unpaired) electrons. The Bertz CT molecular complexity index is 1010. The number of alkyl halides is 2. The number of amides is 2. The molecule has 162 valence electrons. The Morgan fingerprint density at radius 2 is 1.97 bits per heavy atom. The molecular formula is C22H27F2N3O3. The Morgan fingerprint density at radius 3 is 2.57 bits per heavy atom. The van der Waals surface area contributed by atoms with E-state index in [0.29, 0.717) is 35.7 Å². The van der Waals surface area contributed by atoms with Gasteiger partial charge in [-0.3, -0.25) is 4.79 Å². The fourth-order valence-electron chi connectivity index (χ4n) is 4.04. The number of H-pyrrole nitrogens is 1. The van der Waals surface area contributed by atoms with E-state index < -0.39 is 31.0 Å². The van der Waals surface area contributed by atoms with Crippen LogP contribution in [0.25, 0.3) is 16.5 Å². The maximum atomic E-state index is 14.1. The van der Waals surface area contributed by atoms with Gasteiger partial charge in [0.1, 0.15) is 19.0 Å². The van der Waals surface area contributed by atoms with Crippen molar-refractivity contribution in [2.45, 2.75) is 65.0 Å². The number of rotatable bonds is 5. The molecule has 1 aliphatic rings. The first-order valence-electron chi connectivity index (χ1n) is 9.91. The molecule has 3 rings (SSSR count). The first-order valence-corrected chi connectivity index (χ1v) is 9.91. The summed E-state index contributed by atoms with van der Waals surface area (Å²) < 4.78 is 33.3. The quantitative estimate of drug-likeness (QED) is 0.657. The number of carbonyl (C=O) groups excluding carboxylic acids is 2. The molecule has 1 atom stereocenters. The average Bonchev–Trinajstić information content (AvgIpc) is 3.13. The van der Waals surface area contributed by atoms with Gasteiger partial charge in [-0.25, -0.2) is 13.6 Å². The second-order valence-corrected chi connectivity index (χ2v) is 8.46. The van der Waals surface area contributed by atoms with Gasteiger partial charge in [0.15, 0.2) is 0 Å². The van der Waals surface area contributed by atoms with E-state index in [1.54, 1.807) is 33.0 Å². The average molecular weight is 419 g/mol. The Morgan fingerprint density at radius 1 is 1.27 bits per heavy atom. The lowest BCUT2D eigenvalue weighted by Gasteiger charge is -2.28. The molecule has 0 bridgehead atoms. The number of hydrogen-bond donors (Lipinski definition) is 3. The highest BCUT2D eigenvalue weighted by atomic mass is 19.1. The molecule has 1 aromatic carbocycles. The summed E-state index contributed by atoms with van der Waals surface area (Å²) in [7, 11) is 0. The predicted molar refractivity (Wildman–Crippen MR) is 111 cm³/mol. The summed E-state index contributed by atoms with van der Waals surface area (Å²) in [4.78, 5) is 27.1. The highest BCUT2D eigenvalue weighted by Gasteiger charge is 2.28. The third kappa shape index (κ3) is 4.32. The fourth-order valence-corrected chi connectivity index (χ4v) is 4.04. The maximum Gasteiger partial charge on any atom is 0.407 e. The van der Waals surface area contributed by atoms with Crippen LogP contribution in [0.1, 0.15) is 67.1 Å². The molecule has 1 unspecified atom stereocenters. The van der Waals surface area contributed by atoms with Crippen LogP contribution in [0.15, 0.2) is 18.3 Å². The van der Waals surface area contributed by atoms with Gasteiger partial charge in [0.25, 0.3) is 5.91 Å². The van der Waals surface area contributed by atoms with Gasteiger partial charge in [-0.05, 0) is 62.8 Å². The van der Waals surface area contributed by atoms with E-state index in [0.717, 1.165) is 5.57 Å². The van der Waals surface area contributed by atoms with Crippen molar-refractivity contribution in [1.82, 2.24) is 10.3 Å². The third-order valence-corrected chi connectivity index (χ3v) is 5.16. The lowest BCUT2D eigenvalue weighted by atomic mass is 9.83. The standard InChI is InChI=1S/C22H27F2N3O3/c1-22(2,3)30-21(29)27-13-6-4-5-12(9-13)17-14-7-8-26-19(14)18(20(25)28)16(11-24)15(17)10-23/h5,7-8,13,26H,4,6,9-11H2,1-3H3,(H2,25,28)(H,27,29). The molecular weight excluding hydrogens is 392 g/mol. The zero-order valence-electron chi connectivity index (χ0n) is 17.4. The first-order chi connectivity index (χ1) is 14.2. The van der Waals surface area contributed by atoms with Crippen molar-refractivity contribution < 1.29 is 23.1 Å². The van der Waals surface area contributed by atoms with E-state index in [-0.39, 0.29) is 22.7 Å². The molecule has 6 nitrogen and oxygen atoms in total. The van der Waals surface area contributed by atoms with Crippen LogP contribution < -0.4 is 11.1 Å². The lowest BCUT2D eigenvalue weighted by molar-refractivity contribution is 0.0502. The zero-order valence-corrected chi connectivity index (χ0v) is 17.4. The molecule has 4 N–H and O–H groups in total. The van der Waals surface area contributed by atoms with Crippen molar-refractivity contribution in [3.8, 4) is 0 Å². The van der Waals surface area contributed by atoms with Crippen LogP contribution in [0.3, 0.4) is 0 Å². The molecule has 8 heteroatoms. The number of ether oxygens (including phenoxy) is 1. The molecule has 1 aromatic heterocycles. The number of nitrogens with one attached hydrogen (secondary N) is 2. The summed E-state index contributed by atoms with van der Waals surface area (Å²) in [5, 5.41) is 3.47. The van der Waals surface area contributed by atoms with E-state index in [2.05, 4.69) is 10.3 Å². The van der Waals surface area contributed by atoms with Crippen molar-refractivity contribution in [3.05, 3.63) is 40.6 Å². The number of halogens is 2. The van der Waals surface area contributed by atoms with Gasteiger partial charge in [-0.1, -0.05) is 6.08 Å². The van der Waals surface area contributed by atoms with Crippen LogP contribution >= 0.6 is 0 Å². The summed E-state index contributed by atoms with van der Waals surface area (Å²) in [5.41, 5.74) is 6.68. The van der Waals surface area contributed by atoms with E-state index in [1.807, 2.05) is 6.08 Å². The molecule has 2 amide bonds. The van der Waals surface area contributed by atoms with Crippen LogP contribution in [0.2, 0.25) is 0 Å². The van der Waals surface area contributed by atoms with Gasteiger partial charge in [0.2, 0.25) is 0 Å². The van der Waals surface area contributed by atoms with E-state index in [9.17, 15) is 18.4 Å². The SMILES string of the molecule is CC(C)(C)OC(=O)NC1CCC=C(c2c(CF)c(CF)c(C(N)=O)c3[nH]ccc23)C1. The molecule has 0 spiro atoms. The Hall–Kier alpha value is -2.90. The van der Waals surface area contributed by atoms with Gasteiger partial charge >= 0.3 is 6.09 Å². The molecule has 1 heterocycles. The number of hydrogen-bond acceptors (Lipinski definition) is 3. The summed E-state index contributed by atoms with van der Waals surface area (Å²) in [6.45, 7) is 3.42. The maximum absolute atomic E-state index is 14.1. The van der Waals surface area contributed by atoms with E-state index in [1.165, 1.54) is 0 Å². The minimum Gasteiger partial charge on any atom is -0.444 e. The highest BCUT2D eigenvalue weighted by Crippen LogP contribution is 2.39. The van der Waals surface area contributed by atoms with Gasteiger partial charge in [-0.15, -0.1) is 0 Å². The third-order valence-electron chi connectivity index (χ3n) is 5.16. The monoisotopic (exact) mass is 419 g/mol. The molecule has 0 saturated heterocycles. The van der Waals surface area contributed by atoms with Gasteiger partial charge in [-0.2, -0.15) is 0 Å². The largest absolute Gasteiger partial charge is 0.444 e. The number of alkyl carbamates (subject to hydrolysis) is 1. The smallest absolute Gasteiger partial charge is 0.407 e. The Balaban J connectivity index is 2.01. The van der Waals surface area contributed by atoms with Gasteiger partial charge in [0, 0.05) is 23.2 Å². The van der Waals surface area contributed by atoms with Crippen LogP contribution in [0, 0.1) is 0 Å². The second-order valence-electron chi connectivity index (χ2n) is 8.46. The second kappa shape index (κ2) is 8.45. The van der Waals surface area contributed by atoms with Crippen molar-refractivity contribution in [2.75, 3.05) is 0 Å². The number of aromatic amines is 1. The number of benzene rings is 1. The summed E-state index contributed by atoms with van der Waals surface area (Å²) in [6, 6.07) is 1.52. The number of carbonyl (C=O) groups is 2. The molecule has 0 aliphatic heterocycles. The summed E-state index contributed by atoms with van der Waals surface area (Å²) in [5.74, 6) is -0.807. The summed E-state index contributed by atoms with van der Waals surface area (Å²) in [6.07, 6.45) is 4.88. The van der Waals surface area contributed by atoms with Gasteiger partial charge < -0.3 is 20.8 Å². The van der Waals surface area contributed by atoms with E-state index >= 15 is 0 Å². The van der Waals surface area contributed by atoms with Crippen LogP contribution in [0.5, 0.6) is 0 Å². The Labute approximate surface area is 173 Å². The highest BCUT2D eigenvalue weighted by molar-refractivity contribution is 6.10. The molecule has 30 heavy (non-hydrogen) atoms. The number of nitrogens with two attached hydrogens (primary N) is 1. The number of fused-ring (bicyclic) bond motifs is 1. The first kappa shape index (κ1) is 21.8. The lowest BCUT2D eigenvalue weighted by Crippen LogP contribution is -2.40. The number of aromatic nitrogens is 1. The minimum atomic E-state index is -1.01. The fraction of sp³-hybridized carbons (Fsp3) is 0.455. The topological polar surface area (TPSA) is 97.2 Å². The summed E-state index contributed by atoms with van der Waals surface area (Å²) >= 11 is 0. The number of primary amides is 1. The zero-order chi connectivity index (χ0) is 22.1. The van der Waals surface area contributed by atoms with E-state index in [4.69, 9.17) is 10.5 Å². The van der Waals surface area contributed by atoms with Crippen molar-refractivity contribution in [3.63, 3.8) is 0 Å². The molecule has 0 saturated carbocycles.